The number of nitrogens with one attached hydrogen (secondary N) is 1. The summed E-state index contributed by atoms with van der Waals surface area (Å²) in [6.45, 7) is 10.3. The molecule has 2 aliphatic heterocycles. The molecular weight excluding hydrogens is 224 g/mol. The maximum Gasteiger partial charge on any atom is 0.0623 e. The SMILES string of the molecule is CCC1(CC)CCN(CC2COCC2NC)CC1. The summed E-state index contributed by atoms with van der Waals surface area (Å²) in [4.78, 5) is 2.66. The van der Waals surface area contributed by atoms with Gasteiger partial charge in [-0.2, -0.15) is 0 Å². The van der Waals surface area contributed by atoms with E-state index in [0.29, 0.717) is 17.4 Å². The van der Waals surface area contributed by atoms with Crippen molar-refractivity contribution >= 4 is 0 Å². The summed E-state index contributed by atoms with van der Waals surface area (Å²) in [7, 11) is 2.06. The summed E-state index contributed by atoms with van der Waals surface area (Å²) in [5, 5.41) is 3.39. The van der Waals surface area contributed by atoms with Crippen molar-refractivity contribution in [2.75, 3.05) is 39.9 Å². The molecular formula is C15H30N2O. The average Bonchev–Trinajstić information content (AvgIpc) is 2.87. The van der Waals surface area contributed by atoms with E-state index in [-0.39, 0.29) is 0 Å². The molecule has 2 atom stereocenters. The van der Waals surface area contributed by atoms with Crippen LogP contribution in [0, 0.1) is 11.3 Å². The number of likely N-dealkylation sites (N-methyl/N-ethyl adjacent to an activating group) is 1. The molecule has 2 aliphatic rings. The van der Waals surface area contributed by atoms with Crippen LogP contribution in [0.2, 0.25) is 0 Å². The van der Waals surface area contributed by atoms with Crippen LogP contribution < -0.4 is 5.32 Å². The Labute approximate surface area is 112 Å². The Morgan fingerprint density at radius 1 is 1.17 bits per heavy atom. The van der Waals surface area contributed by atoms with Crippen LogP contribution in [-0.2, 0) is 4.74 Å². The first-order valence-corrected chi connectivity index (χ1v) is 7.70. The predicted molar refractivity (Wildman–Crippen MR) is 75.8 cm³/mol. The van der Waals surface area contributed by atoms with E-state index in [9.17, 15) is 0 Å². The van der Waals surface area contributed by atoms with E-state index in [0.717, 1.165) is 13.2 Å². The van der Waals surface area contributed by atoms with Crippen LogP contribution in [-0.4, -0.2) is 50.8 Å². The predicted octanol–water partition coefficient (Wildman–Crippen LogP) is 2.12. The third-order valence-corrected chi connectivity index (χ3v) is 5.48. The average molecular weight is 254 g/mol. The molecule has 0 amide bonds. The zero-order valence-electron chi connectivity index (χ0n) is 12.4. The first kappa shape index (κ1) is 14.3. The lowest BCUT2D eigenvalue weighted by molar-refractivity contribution is 0.0796. The summed E-state index contributed by atoms with van der Waals surface area (Å²) in [6, 6.07) is 0.564. The van der Waals surface area contributed by atoms with Gasteiger partial charge in [0.25, 0.3) is 0 Å². The van der Waals surface area contributed by atoms with Crippen molar-refractivity contribution in [3.63, 3.8) is 0 Å². The van der Waals surface area contributed by atoms with Gasteiger partial charge < -0.3 is 15.0 Å². The van der Waals surface area contributed by atoms with Gasteiger partial charge in [0.05, 0.1) is 13.2 Å². The van der Waals surface area contributed by atoms with Crippen molar-refractivity contribution < 1.29 is 4.74 Å². The lowest BCUT2D eigenvalue weighted by Gasteiger charge is -2.42. The van der Waals surface area contributed by atoms with Crippen molar-refractivity contribution in [3.05, 3.63) is 0 Å². The molecule has 2 rings (SSSR count). The maximum atomic E-state index is 5.60. The summed E-state index contributed by atoms with van der Waals surface area (Å²) in [5.74, 6) is 0.686. The number of rotatable bonds is 5. The Hall–Kier alpha value is -0.120. The molecule has 0 aromatic heterocycles. The van der Waals surface area contributed by atoms with Crippen molar-refractivity contribution in [3.8, 4) is 0 Å². The Balaban J connectivity index is 1.80. The summed E-state index contributed by atoms with van der Waals surface area (Å²) in [5.41, 5.74) is 0.644. The van der Waals surface area contributed by atoms with E-state index < -0.39 is 0 Å². The fourth-order valence-electron chi connectivity index (χ4n) is 3.60. The quantitative estimate of drug-likeness (QED) is 0.813. The molecule has 1 N–H and O–H groups in total. The lowest BCUT2D eigenvalue weighted by atomic mass is 9.74. The summed E-state index contributed by atoms with van der Waals surface area (Å²) >= 11 is 0. The smallest absolute Gasteiger partial charge is 0.0623 e. The largest absolute Gasteiger partial charge is 0.379 e. The topological polar surface area (TPSA) is 24.5 Å². The number of hydrogen-bond donors (Lipinski definition) is 1. The molecule has 106 valence electrons. The first-order valence-electron chi connectivity index (χ1n) is 7.70. The van der Waals surface area contributed by atoms with E-state index >= 15 is 0 Å². The van der Waals surface area contributed by atoms with Crippen LogP contribution in [0.25, 0.3) is 0 Å². The molecule has 18 heavy (non-hydrogen) atoms. The van der Waals surface area contributed by atoms with Crippen molar-refractivity contribution in [1.29, 1.82) is 0 Å². The van der Waals surface area contributed by atoms with Crippen molar-refractivity contribution in [2.24, 2.45) is 11.3 Å². The normalized spacial score (nSPS) is 32.8. The summed E-state index contributed by atoms with van der Waals surface area (Å²) < 4.78 is 5.60. The highest BCUT2D eigenvalue weighted by atomic mass is 16.5. The highest BCUT2D eigenvalue weighted by Gasteiger charge is 2.34. The minimum absolute atomic E-state index is 0.564. The molecule has 0 aliphatic carbocycles. The third-order valence-electron chi connectivity index (χ3n) is 5.48. The molecule has 0 bridgehead atoms. The van der Waals surface area contributed by atoms with Gasteiger partial charge in [0.15, 0.2) is 0 Å². The standard InChI is InChI=1S/C15H30N2O/c1-4-15(5-2)6-8-17(9-7-15)10-13-11-18-12-14(13)16-3/h13-14,16H,4-12H2,1-3H3. The third kappa shape index (κ3) is 3.06. The van der Waals surface area contributed by atoms with Gasteiger partial charge in [0, 0.05) is 18.5 Å². The Morgan fingerprint density at radius 2 is 1.83 bits per heavy atom. The van der Waals surface area contributed by atoms with Gasteiger partial charge in [0.2, 0.25) is 0 Å². The van der Waals surface area contributed by atoms with E-state index in [1.807, 2.05) is 0 Å². The molecule has 0 aromatic rings. The summed E-state index contributed by atoms with van der Waals surface area (Å²) in [6.07, 6.45) is 5.47. The van der Waals surface area contributed by atoms with Crippen LogP contribution in [0.5, 0.6) is 0 Å². The van der Waals surface area contributed by atoms with Gasteiger partial charge in [0.1, 0.15) is 0 Å². The zero-order chi connectivity index (χ0) is 13.0. The van der Waals surface area contributed by atoms with Crippen LogP contribution in [0.15, 0.2) is 0 Å². The molecule has 0 spiro atoms. The molecule has 0 saturated carbocycles. The molecule has 2 saturated heterocycles. The van der Waals surface area contributed by atoms with Gasteiger partial charge in [-0.05, 0) is 38.4 Å². The fourth-order valence-corrected chi connectivity index (χ4v) is 3.60. The Kier molecular flexibility index (Phi) is 5.05. The maximum absolute atomic E-state index is 5.60. The van der Waals surface area contributed by atoms with Crippen LogP contribution >= 0.6 is 0 Å². The van der Waals surface area contributed by atoms with E-state index in [2.05, 4.69) is 31.1 Å². The van der Waals surface area contributed by atoms with Gasteiger partial charge in [-0.1, -0.05) is 26.7 Å². The molecule has 0 aromatic carbocycles. The van der Waals surface area contributed by atoms with Crippen LogP contribution in [0.3, 0.4) is 0 Å². The second-order valence-electron chi connectivity index (χ2n) is 6.20. The number of hydrogen-bond acceptors (Lipinski definition) is 3. The second kappa shape index (κ2) is 6.36. The molecule has 0 radical (unpaired) electrons. The van der Waals surface area contributed by atoms with Gasteiger partial charge >= 0.3 is 0 Å². The first-order chi connectivity index (χ1) is 8.73. The Morgan fingerprint density at radius 3 is 2.39 bits per heavy atom. The minimum Gasteiger partial charge on any atom is -0.379 e. The van der Waals surface area contributed by atoms with Crippen molar-refractivity contribution in [2.45, 2.75) is 45.6 Å². The highest BCUT2D eigenvalue weighted by Crippen LogP contribution is 2.38. The number of ether oxygens (including phenoxy) is 1. The second-order valence-corrected chi connectivity index (χ2v) is 6.20. The van der Waals surface area contributed by atoms with Gasteiger partial charge in [-0.15, -0.1) is 0 Å². The fraction of sp³-hybridized carbons (Fsp3) is 1.00. The zero-order valence-corrected chi connectivity index (χ0v) is 12.4. The number of nitrogens with zero attached hydrogens (tertiary/aromatic N) is 1. The lowest BCUT2D eigenvalue weighted by Crippen LogP contribution is -2.45. The number of piperidine rings is 1. The molecule has 2 unspecified atom stereocenters. The van der Waals surface area contributed by atoms with Gasteiger partial charge in [-0.3, -0.25) is 0 Å². The van der Waals surface area contributed by atoms with Crippen molar-refractivity contribution in [1.82, 2.24) is 10.2 Å². The minimum atomic E-state index is 0.564. The van der Waals surface area contributed by atoms with Gasteiger partial charge in [-0.25, -0.2) is 0 Å². The monoisotopic (exact) mass is 254 g/mol. The van der Waals surface area contributed by atoms with E-state index in [1.54, 1.807) is 0 Å². The molecule has 2 heterocycles. The highest BCUT2D eigenvalue weighted by molar-refractivity contribution is 4.87. The molecule has 3 nitrogen and oxygen atoms in total. The Bertz CT molecular complexity index is 243. The molecule has 3 heteroatoms. The van der Waals surface area contributed by atoms with E-state index in [1.165, 1.54) is 45.3 Å². The van der Waals surface area contributed by atoms with Crippen LogP contribution in [0.4, 0.5) is 0 Å². The number of likely N-dealkylation sites (tertiary alicyclic amines) is 1. The van der Waals surface area contributed by atoms with Crippen LogP contribution in [0.1, 0.15) is 39.5 Å². The van der Waals surface area contributed by atoms with E-state index in [4.69, 9.17) is 4.74 Å². The molecule has 2 fully saturated rings.